The fraction of sp³-hybridized carbons (Fsp3) is 0.462. The molecule has 420 valence electrons. The summed E-state index contributed by atoms with van der Waals surface area (Å²) in [5.74, 6) is -0.241. The molecule has 0 atom stereocenters. The van der Waals surface area contributed by atoms with E-state index < -0.39 is 27.6 Å². The van der Waals surface area contributed by atoms with Gasteiger partial charge in [0.05, 0.1) is 0 Å². The molecule has 0 spiro atoms. The van der Waals surface area contributed by atoms with Gasteiger partial charge in [0.2, 0.25) is 17.7 Å². The molecule has 0 heterocycles. The number of hydrazine groups is 1. The van der Waals surface area contributed by atoms with Gasteiger partial charge in [0.1, 0.15) is 17.2 Å². The second kappa shape index (κ2) is 24.5. The highest BCUT2D eigenvalue weighted by atomic mass is 32.1. The standard InChI is InChI=1S/C65H87N5O7S/c1-60(2,3)46-34-40(35-47(55(46)74)61(4,5)6)22-29-52(71)66-44-25-27-45(28-26-44)67-53(72)30-23-41-36-48(62(7,8)9)56(75)50(38-41)64(13,14)32-33-65(15,16)51-39-42(37-49(57(51)76)63(10,11)12)24-31-54(73)69-70-59(78)68-58(77)43-20-18-17-19-21-43/h17-21,25-28,34-39,74-76H,22-24,29-33H2,1-16H3,(H,66,71)(H,67,72)(H,69,73)(H2,68,70,77,78). The SMILES string of the molecule is CC(C)(C)c1cc(CCC(=O)Nc2ccc(NC(=O)CCc3cc(C(C)(C)C)c(O)c(C(C)(C)CCC(C)(C)c4cc(CCC(=O)NNC(=S)NC(=O)c5ccccc5)cc(C(C)(C)C)c4O)c3)cc2)cc(C(C)(C)C)c1O. The summed E-state index contributed by atoms with van der Waals surface area (Å²) in [7, 11) is 0. The minimum Gasteiger partial charge on any atom is -0.507 e. The Hall–Kier alpha value is -6.73. The van der Waals surface area contributed by atoms with Gasteiger partial charge in [-0.3, -0.25) is 35.3 Å². The molecule has 0 radical (unpaired) electrons. The quantitative estimate of drug-likeness (QED) is 0.0331. The predicted molar refractivity (Wildman–Crippen MR) is 321 cm³/mol. The van der Waals surface area contributed by atoms with Crippen LogP contribution in [0.25, 0.3) is 0 Å². The number of phenolic OH excluding ortho intramolecular Hbond substituents is 3. The minimum absolute atomic E-state index is 0.0321. The van der Waals surface area contributed by atoms with Gasteiger partial charge in [0, 0.05) is 47.3 Å². The van der Waals surface area contributed by atoms with Gasteiger partial charge in [-0.2, -0.15) is 0 Å². The largest absolute Gasteiger partial charge is 0.507 e. The maximum atomic E-state index is 13.5. The lowest BCUT2D eigenvalue weighted by Crippen LogP contribution is -2.48. The Labute approximate surface area is 470 Å². The number of thiocarbonyl (C=S) groups is 1. The van der Waals surface area contributed by atoms with Gasteiger partial charge in [-0.1, -0.05) is 165 Å². The van der Waals surface area contributed by atoms with Crippen molar-refractivity contribution in [1.29, 1.82) is 0 Å². The monoisotopic (exact) mass is 1080 g/mol. The Morgan fingerprint density at radius 3 is 1.06 bits per heavy atom. The summed E-state index contributed by atoms with van der Waals surface area (Å²) in [6, 6.07) is 27.7. The van der Waals surface area contributed by atoms with E-state index in [9.17, 15) is 34.5 Å². The number of hydrogen-bond donors (Lipinski definition) is 8. The number of amides is 4. The summed E-state index contributed by atoms with van der Waals surface area (Å²) in [5.41, 5.74) is 12.2. The maximum Gasteiger partial charge on any atom is 0.257 e. The molecule has 5 aromatic carbocycles. The molecule has 5 aromatic rings. The molecule has 0 fully saturated rings. The normalized spacial score (nSPS) is 12.4. The van der Waals surface area contributed by atoms with E-state index in [4.69, 9.17) is 12.2 Å². The predicted octanol–water partition coefficient (Wildman–Crippen LogP) is 13.4. The van der Waals surface area contributed by atoms with Crippen molar-refractivity contribution in [2.75, 3.05) is 10.6 Å². The van der Waals surface area contributed by atoms with Crippen LogP contribution in [0.1, 0.15) is 203 Å². The van der Waals surface area contributed by atoms with E-state index in [0.717, 1.165) is 50.1 Å². The molecule has 5 rings (SSSR count). The van der Waals surface area contributed by atoms with E-state index in [0.29, 0.717) is 54.8 Å². The molecule has 0 aliphatic heterocycles. The molecule has 0 aromatic heterocycles. The van der Waals surface area contributed by atoms with Crippen molar-refractivity contribution in [3.05, 3.63) is 147 Å². The number of nitrogens with one attached hydrogen (secondary N) is 5. The number of aryl methyl sites for hydroxylation is 3. The van der Waals surface area contributed by atoms with Crippen LogP contribution in [0.2, 0.25) is 0 Å². The number of hydrogen-bond acceptors (Lipinski definition) is 8. The molecule has 0 bridgehead atoms. The highest BCUT2D eigenvalue weighted by Crippen LogP contribution is 2.47. The van der Waals surface area contributed by atoms with Crippen LogP contribution in [-0.4, -0.2) is 44.1 Å². The van der Waals surface area contributed by atoms with Crippen molar-refractivity contribution in [2.24, 2.45) is 0 Å². The number of anilines is 2. The van der Waals surface area contributed by atoms with Crippen LogP contribution in [0.15, 0.2) is 91.0 Å². The summed E-state index contributed by atoms with van der Waals surface area (Å²) >= 11 is 5.23. The van der Waals surface area contributed by atoms with Crippen molar-refractivity contribution < 1.29 is 34.5 Å². The van der Waals surface area contributed by atoms with Gasteiger partial charge in [-0.25, -0.2) is 0 Å². The van der Waals surface area contributed by atoms with Gasteiger partial charge >= 0.3 is 0 Å². The van der Waals surface area contributed by atoms with Gasteiger partial charge < -0.3 is 26.0 Å². The minimum atomic E-state index is -0.533. The van der Waals surface area contributed by atoms with E-state index >= 15 is 0 Å². The van der Waals surface area contributed by atoms with Crippen LogP contribution in [-0.2, 0) is 66.1 Å². The topological polar surface area (TPSA) is 189 Å². The number of phenols is 3. The summed E-state index contributed by atoms with van der Waals surface area (Å²) in [6.07, 6.45) is 3.23. The zero-order valence-electron chi connectivity index (χ0n) is 49.2. The smallest absolute Gasteiger partial charge is 0.257 e. The van der Waals surface area contributed by atoms with E-state index in [1.54, 1.807) is 48.5 Å². The van der Waals surface area contributed by atoms with E-state index in [-0.39, 0.29) is 64.4 Å². The first-order valence-corrected chi connectivity index (χ1v) is 27.6. The molecular formula is C65H87N5O7S. The van der Waals surface area contributed by atoms with Crippen LogP contribution in [0.5, 0.6) is 17.2 Å². The highest BCUT2D eigenvalue weighted by molar-refractivity contribution is 7.80. The first kappa shape index (κ1) is 62.1. The molecule has 0 saturated heterocycles. The van der Waals surface area contributed by atoms with Crippen LogP contribution in [0, 0.1) is 0 Å². The van der Waals surface area contributed by atoms with Gasteiger partial charge in [-0.15, -0.1) is 0 Å². The summed E-state index contributed by atoms with van der Waals surface area (Å²) in [4.78, 5) is 52.1. The molecule has 0 unspecified atom stereocenters. The van der Waals surface area contributed by atoms with Crippen LogP contribution in [0.3, 0.4) is 0 Å². The van der Waals surface area contributed by atoms with Crippen LogP contribution in [0.4, 0.5) is 11.4 Å². The number of benzene rings is 5. The highest BCUT2D eigenvalue weighted by Gasteiger charge is 2.35. The second-order valence-electron chi connectivity index (χ2n) is 26.4. The average molecular weight is 1080 g/mol. The van der Waals surface area contributed by atoms with Gasteiger partial charge in [0.15, 0.2) is 5.11 Å². The van der Waals surface area contributed by atoms with Crippen molar-refractivity contribution in [3.63, 3.8) is 0 Å². The zero-order valence-corrected chi connectivity index (χ0v) is 50.0. The van der Waals surface area contributed by atoms with E-state index in [1.807, 2.05) is 63.2 Å². The Morgan fingerprint density at radius 2 is 0.731 bits per heavy atom. The molecular weight excluding hydrogens is 995 g/mol. The second-order valence-corrected chi connectivity index (χ2v) is 26.8. The fourth-order valence-electron chi connectivity index (χ4n) is 9.57. The molecule has 12 nitrogen and oxygen atoms in total. The number of aromatic hydroxyl groups is 3. The van der Waals surface area contributed by atoms with Crippen LogP contribution >= 0.6 is 12.2 Å². The Kier molecular flexibility index (Phi) is 19.5. The third-order valence-electron chi connectivity index (χ3n) is 14.5. The van der Waals surface area contributed by atoms with Crippen molar-refractivity contribution in [1.82, 2.24) is 16.2 Å². The maximum absolute atomic E-state index is 13.5. The first-order valence-electron chi connectivity index (χ1n) is 27.2. The Balaban J connectivity index is 1.22. The number of rotatable bonds is 17. The average Bonchev–Trinajstić information content (AvgIpc) is 3.34. The molecule has 0 aliphatic carbocycles. The molecule has 0 saturated carbocycles. The van der Waals surface area contributed by atoms with Gasteiger partial charge in [-0.05, 0) is 152 Å². The first-order chi connectivity index (χ1) is 36.0. The number of carbonyl (C=O) groups is 4. The van der Waals surface area contributed by atoms with E-state index in [1.165, 1.54) is 0 Å². The molecule has 8 N–H and O–H groups in total. The molecule has 78 heavy (non-hydrogen) atoms. The number of carbonyl (C=O) groups excluding carboxylic acids is 4. The lowest BCUT2D eigenvalue weighted by molar-refractivity contribution is -0.121. The summed E-state index contributed by atoms with van der Waals surface area (Å²) in [5, 5.41) is 43.6. The van der Waals surface area contributed by atoms with Crippen molar-refractivity contribution >= 4 is 52.3 Å². The van der Waals surface area contributed by atoms with E-state index in [2.05, 4.69) is 117 Å². The van der Waals surface area contributed by atoms with Crippen LogP contribution < -0.4 is 26.8 Å². The Bertz CT molecular complexity index is 2950. The Morgan fingerprint density at radius 1 is 0.423 bits per heavy atom. The molecule has 0 aliphatic rings. The fourth-order valence-corrected chi connectivity index (χ4v) is 9.72. The third kappa shape index (κ3) is 16.9. The third-order valence-corrected chi connectivity index (χ3v) is 14.7. The summed E-state index contributed by atoms with van der Waals surface area (Å²) < 4.78 is 0. The molecule has 13 heteroatoms. The molecule has 4 amide bonds. The van der Waals surface area contributed by atoms with Crippen molar-refractivity contribution in [2.45, 2.75) is 195 Å². The van der Waals surface area contributed by atoms with Crippen molar-refractivity contribution in [3.8, 4) is 17.2 Å². The zero-order chi connectivity index (χ0) is 58.3. The lowest BCUT2D eigenvalue weighted by Gasteiger charge is -2.35. The van der Waals surface area contributed by atoms with Gasteiger partial charge in [0.25, 0.3) is 5.91 Å². The summed E-state index contributed by atoms with van der Waals surface area (Å²) in [6.45, 7) is 33.2. The lowest BCUT2D eigenvalue weighted by atomic mass is 9.69.